The minimum Gasteiger partial charge on any atom is -0.481 e. The molecule has 1 fully saturated rings. The molecule has 0 saturated heterocycles. The van der Waals surface area contributed by atoms with Crippen molar-refractivity contribution in [3.63, 3.8) is 0 Å². The second-order valence-electron chi connectivity index (χ2n) is 6.25. The van der Waals surface area contributed by atoms with Gasteiger partial charge in [0, 0.05) is 18.7 Å². The number of carboxylic acid groups (broad SMARTS) is 1. The van der Waals surface area contributed by atoms with Crippen LogP contribution in [0.5, 0.6) is 0 Å². The Balaban J connectivity index is 1.66. The number of rotatable bonds is 4. The van der Waals surface area contributed by atoms with Crippen molar-refractivity contribution in [3.05, 3.63) is 42.2 Å². The third-order valence-electron chi connectivity index (χ3n) is 4.66. The topological polar surface area (TPSA) is 84.2 Å². The second kappa shape index (κ2) is 6.86. The highest BCUT2D eigenvalue weighted by Gasteiger charge is 2.27. The Kier molecular flexibility index (Phi) is 4.64. The number of nitrogens with one attached hydrogen (secondary N) is 1. The van der Waals surface area contributed by atoms with Crippen molar-refractivity contribution in [1.82, 2.24) is 14.9 Å². The molecule has 0 unspecified atom stereocenters. The lowest BCUT2D eigenvalue weighted by atomic mass is 9.86. The van der Waals surface area contributed by atoms with Gasteiger partial charge < -0.3 is 15.0 Å². The number of amides is 1. The first-order valence-corrected chi connectivity index (χ1v) is 8.17. The van der Waals surface area contributed by atoms with Crippen LogP contribution in [0.1, 0.15) is 36.2 Å². The lowest BCUT2D eigenvalue weighted by molar-refractivity contribution is -0.142. The smallest absolute Gasteiger partial charge is 0.306 e. The van der Waals surface area contributed by atoms with Crippen molar-refractivity contribution >= 4 is 11.9 Å². The van der Waals surface area contributed by atoms with Gasteiger partial charge in [0.2, 0.25) is 0 Å². The van der Waals surface area contributed by atoms with Gasteiger partial charge in [-0.2, -0.15) is 0 Å². The van der Waals surface area contributed by atoms with Gasteiger partial charge in [0.25, 0.3) is 5.91 Å². The number of carbonyl (C=O) groups excluding carboxylic acids is 1. The van der Waals surface area contributed by atoms with Gasteiger partial charge in [-0.25, -0.2) is 4.98 Å². The molecule has 1 aromatic heterocycles. The van der Waals surface area contributed by atoms with Crippen LogP contribution in [-0.4, -0.2) is 32.6 Å². The van der Waals surface area contributed by atoms with E-state index in [1.807, 2.05) is 37.4 Å². The van der Waals surface area contributed by atoms with Crippen LogP contribution >= 0.6 is 0 Å². The van der Waals surface area contributed by atoms with E-state index in [4.69, 9.17) is 5.11 Å². The Morgan fingerprint density at radius 3 is 2.46 bits per heavy atom. The molecule has 1 heterocycles. The van der Waals surface area contributed by atoms with E-state index in [0.29, 0.717) is 31.4 Å². The second-order valence-corrected chi connectivity index (χ2v) is 6.25. The van der Waals surface area contributed by atoms with Crippen LogP contribution in [0.3, 0.4) is 0 Å². The van der Waals surface area contributed by atoms with E-state index < -0.39 is 5.97 Å². The van der Waals surface area contributed by atoms with Gasteiger partial charge >= 0.3 is 5.97 Å². The Labute approximate surface area is 140 Å². The third kappa shape index (κ3) is 3.32. The summed E-state index contributed by atoms with van der Waals surface area (Å²) in [6.45, 7) is 0. The quantitative estimate of drug-likeness (QED) is 0.903. The summed E-state index contributed by atoms with van der Waals surface area (Å²) in [6, 6.07) is 9.75. The van der Waals surface area contributed by atoms with Gasteiger partial charge in [-0.1, -0.05) is 30.3 Å². The summed E-state index contributed by atoms with van der Waals surface area (Å²) in [5.41, 5.74) is 1.47. The standard InChI is InChI=1S/C18H21N3O3/c1-21-15(11-19-16(21)12-5-3-2-4-6-12)17(22)20-14-9-7-13(8-10-14)18(23)24/h2-6,11,13-14H,7-10H2,1H3,(H,20,22)(H,23,24). The molecule has 1 saturated carbocycles. The SMILES string of the molecule is Cn1c(C(=O)NC2CCC(C(=O)O)CC2)cnc1-c1ccccc1. The number of aliphatic carboxylic acids is 1. The van der Waals surface area contributed by atoms with E-state index in [-0.39, 0.29) is 17.9 Å². The largest absolute Gasteiger partial charge is 0.481 e. The molecule has 6 nitrogen and oxygen atoms in total. The van der Waals surface area contributed by atoms with E-state index in [0.717, 1.165) is 11.4 Å². The highest BCUT2D eigenvalue weighted by Crippen LogP contribution is 2.25. The highest BCUT2D eigenvalue weighted by atomic mass is 16.4. The predicted molar refractivity (Wildman–Crippen MR) is 89.5 cm³/mol. The fourth-order valence-electron chi connectivity index (χ4n) is 3.22. The number of imidazole rings is 1. The molecule has 3 rings (SSSR count). The van der Waals surface area contributed by atoms with E-state index in [2.05, 4.69) is 10.3 Å². The summed E-state index contributed by atoms with van der Waals surface area (Å²) in [4.78, 5) is 27.9. The zero-order valence-electron chi connectivity index (χ0n) is 13.6. The highest BCUT2D eigenvalue weighted by molar-refractivity contribution is 5.93. The van der Waals surface area contributed by atoms with Crippen molar-refractivity contribution in [2.24, 2.45) is 13.0 Å². The first-order chi connectivity index (χ1) is 11.6. The third-order valence-corrected chi connectivity index (χ3v) is 4.66. The number of hydrogen-bond acceptors (Lipinski definition) is 3. The number of hydrogen-bond donors (Lipinski definition) is 2. The fourth-order valence-corrected chi connectivity index (χ4v) is 3.22. The molecule has 24 heavy (non-hydrogen) atoms. The molecule has 2 aromatic rings. The average Bonchev–Trinajstić information content (AvgIpc) is 2.98. The molecule has 6 heteroatoms. The molecular weight excluding hydrogens is 306 g/mol. The van der Waals surface area contributed by atoms with Crippen molar-refractivity contribution in [2.75, 3.05) is 0 Å². The summed E-state index contributed by atoms with van der Waals surface area (Å²) in [5, 5.41) is 12.0. The number of nitrogens with zero attached hydrogens (tertiary/aromatic N) is 2. The fraction of sp³-hybridized carbons (Fsp3) is 0.389. The van der Waals surface area contributed by atoms with Crippen LogP contribution < -0.4 is 5.32 Å². The van der Waals surface area contributed by atoms with Crippen molar-refractivity contribution < 1.29 is 14.7 Å². The summed E-state index contributed by atoms with van der Waals surface area (Å²) in [6.07, 6.45) is 4.21. The van der Waals surface area contributed by atoms with Crippen LogP contribution in [0.2, 0.25) is 0 Å². The van der Waals surface area contributed by atoms with Crippen molar-refractivity contribution in [3.8, 4) is 11.4 Å². The average molecular weight is 327 g/mol. The summed E-state index contributed by atoms with van der Waals surface area (Å²) >= 11 is 0. The maximum Gasteiger partial charge on any atom is 0.306 e. The molecule has 1 aliphatic rings. The zero-order valence-corrected chi connectivity index (χ0v) is 13.6. The van der Waals surface area contributed by atoms with Gasteiger partial charge in [-0.15, -0.1) is 0 Å². The maximum atomic E-state index is 12.5. The van der Waals surface area contributed by atoms with E-state index in [9.17, 15) is 9.59 Å². The van der Waals surface area contributed by atoms with Crippen LogP contribution in [-0.2, 0) is 11.8 Å². The summed E-state index contributed by atoms with van der Waals surface area (Å²) in [5.74, 6) is -0.431. The normalized spacial score (nSPS) is 20.5. The van der Waals surface area contributed by atoms with E-state index >= 15 is 0 Å². The van der Waals surface area contributed by atoms with Gasteiger partial charge in [0.05, 0.1) is 12.1 Å². The number of carboxylic acids is 1. The molecular formula is C18H21N3O3. The minimum atomic E-state index is -0.737. The summed E-state index contributed by atoms with van der Waals surface area (Å²) < 4.78 is 1.79. The first-order valence-electron chi connectivity index (χ1n) is 8.17. The van der Waals surface area contributed by atoms with Gasteiger partial charge in [0.15, 0.2) is 0 Å². The van der Waals surface area contributed by atoms with E-state index in [1.165, 1.54) is 0 Å². The van der Waals surface area contributed by atoms with Crippen LogP contribution in [0.4, 0.5) is 0 Å². The van der Waals surface area contributed by atoms with Crippen molar-refractivity contribution in [2.45, 2.75) is 31.7 Å². The Hall–Kier alpha value is -2.63. The molecule has 2 N–H and O–H groups in total. The zero-order chi connectivity index (χ0) is 17.1. The molecule has 1 aliphatic carbocycles. The number of aromatic nitrogens is 2. The molecule has 126 valence electrons. The van der Waals surface area contributed by atoms with E-state index in [1.54, 1.807) is 10.8 Å². The molecule has 0 aliphatic heterocycles. The maximum absolute atomic E-state index is 12.5. The van der Waals surface area contributed by atoms with Crippen LogP contribution in [0.25, 0.3) is 11.4 Å². The molecule has 0 spiro atoms. The molecule has 0 bridgehead atoms. The van der Waals surface area contributed by atoms with Crippen LogP contribution in [0, 0.1) is 5.92 Å². The number of carbonyl (C=O) groups is 2. The molecule has 0 radical (unpaired) electrons. The predicted octanol–water partition coefficient (Wildman–Crippen LogP) is 2.46. The lowest BCUT2D eigenvalue weighted by Gasteiger charge is -2.26. The van der Waals surface area contributed by atoms with Gasteiger partial charge in [-0.3, -0.25) is 9.59 Å². The molecule has 0 atom stereocenters. The Morgan fingerprint density at radius 1 is 1.17 bits per heavy atom. The Morgan fingerprint density at radius 2 is 1.83 bits per heavy atom. The summed E-state index contributed by atoms with van der Waals surface area (Å²) in [7, 11) is 1.82. The first kappa shape index (κ1) is 16.2. The van der Waals surface area contributed by atoms with Gasteiger partial charge in [-0.05, 0) is 25.7 Å². The van der Waals surface area contributed by atoms with Crippen molar-refractivity contribution in [1.29, 1.82) is 0 Å². The Bertz CT molecular complexity index is 731. The number of benzene rings is 1. The molecule has 1 amide bonds. The lowest BCUT2D eigenvalue weighted by Crippen LogP contribution is -2.39. The monoisotopic (exact) mass is 327 g/mol. The van der Waals surface area contributed by atoms with Gasteiger partial charge in [0.1, 0.15) is 11.5 Å². The molecule has 1 aromatic carbocycles. The minimum absolute atomic E-state index is 0.0307. The van der Waals surface area contributed by atoms with Crippen LogP contribution in [0.15, 0.2) is 36.5 Å².